The smallest absolute Gasteiger partial charge is 0.328 e. The van der Waals surface area contributed by atoms with Gasteiger partial charge in [-0.1, -0.05) is 67.7 Å². The van der Waals surface area contributed by atoms with Gasteiger partial charge in [0.2, 0.25) is 5.91 Å². The Morgan fingerprint density at radius 2 is 1.71 bits per heavy atom. The SMILES string of the molecule is CCCCCC(=O)N[C@@H](COCc1cc(CCCCCn2c3ccccc3c3ccccc32)no1)C(=O)O. The minimum absolute atomic E-state index is 0.107. The summed E-state index contributed by atoms with van der Waals surface area (Å²) >= 11 is 0. The van der Waals surface area contributed by atoms with Crippen molar-refractivity contribution in [3.8, 4) is 0 Å². The third-order valence-electron chi connectivity index (χ3n) is 6.77. The van der Waals surface area contributed by atoms with E-state index in [1.807, 2.05) is 6.07 Å². The molecule has 1 atom stereocenters. The highest BCUT2D eigenvalue weighted by Crippen LogP contribution is 2.29. The molecule has 0 unspecified atom stereocenters. The molecule has 4 aromatic rings. The highest BCUT2D eigenvalue weighted by molar-refractivity contribution is 6.07. The van der Waals surface area contributed by atoms with E-state index in [1.54, 1.807) is 0 Å². The standard InChI is InChI=1S/C30H37N3O5/c1-2-3-5-17-29(34)31-26(30(35)36)21-37-20-23-19-22(32-38-23)12-6-4-11-18-33-27-15-9-7-13-24(27)25-14-8-10-16-28(25)33/h7-10,13-16,19,26H,2-6,11-12,17-18,20-21H2,1H3,(H,31,34)(H,35,36)/t26-/m0/s1. The Hall–Kier alpha value is -3.65. The Morgan fingerprint density at radius 3 is 2.39 bits per heavy atom. The lowest BCUT2D eigenvalue weighted by molar-refractivity contribution is -0.143. The predicted molar refractivity (Wildman–Crippen MR) is 147 cm³/mol. The van der Waals surface area contributed by atoms with Gasteiger partial charge in [-0.15, -0.1) is 0 Å². The number of hydrogen-bond acceptors (Lipinski definition) is 5. The molecule has 0 aliphatic carbocycles. The van der Waals surface area contributed by atoms with Gasteiger partial charge in [-0.2, -0.15) is 0 Å². The van der Waals surface area contributed by atoms with E-state index in [9.17, 15) is 14.7 Å². The van der Waals surface area contributed by atoms with E-state index >= 15 is 0 Å². The molecule has 2 aromatic carbocycles. The van der Waals surface area contributed by atoms with Gasteiger partial charge in [0.05, 0.1) is 12.3 Å². The first-order valence-corrected chi connectivity index (χ1v) is 13.6. The van der Waals surface area contributed by atoms with Crippen molar-refractivity contribution in [2.24, 2.45) is 0 Å². The van der Waals surface area contributed by atoms with Gasteiger partial charge in [0.25, 0.3) is 0 Å². The van der Waals surface area contributed by atoms with Crippen LogP contribution in [-0.4, -0.2) is 39.4 Å². The molecule has 1 amide bonds. The van der Waals surface area contributed by atoms with Crippen LogP contribution in [0.4, 0.5) is 0 Å². The van der Waals surface area contributed by atoms with Gasteiger partial charge in [-0.05, 0) is 37.8 Å². The van der Waals surface area contributed by atoms with Crippen LogP contribution >= 0.6 is 0 Å². The van der Waals surface area contributed by atoms with Crippen molar-refractivity contribution in [3.05, 3.63) is 66.1 Å². The molecule has 0 fully saturated rings. The molecule has 8 heteroatoms. The second kappa shape index (κ2) is 13.8. The van der Waals surface area contributed by atoms with Gasteiger partial charge in [0.1, 0.15) is 6.61 Å². The number of carbonyl (C=O) groups is 2. The van der Waals surface area contributed by atoms with Crippen molar-refractivity contribution < 1.29 is 24.0 Å². The fourth-order valence-corrected chi connectivity index (χ4v) is 4.79. The second-order valence-corrected chi connectivity index (χ2v) is 9.71. The number of nitrogens with zero attached hydrogens (tertiary/aromatic N) is 2. The molecule has 202 valence electrons. The minimum atomic E-state index is -1.12. The summed E-state index contributed by atoms with van der Waals surface area (Å²) in [5.41, 5.74) is 3.41. The van der Waals surface area contributed by atoms with Crippen LogP contribution in [0, 0.1) is 0 Å². The van der Waals surface area contributed by atoms with Crippen molar-refractivity contribution in [3.63, 3.8) is 0 Å². The number of unbranched alkanes of at least 4 members (excludes halogenated alkanes) is 4. The molecule has 2 aromatic heterocycles. The van der Waals surface area contributed by atoms with E-state index < -0.39 is 12.0 Å². The van der Waals surface area contributed by atoms with Crippen molar-refractivity contribution in [1.82, 2.24) is 15.0 Å². The molecule has 0 spiro atoms. The van der Waals surface area contributed by atoms with E-state index in [0.717, 1.165) is 57.2 Å². The van der Waals surface area contributed by atoms with Crippen LogP contribution < -0.4 is 5.32 Å². The summed E-state index contributed by atoms with van der Waals surface area (Å²) in [5, 5.41) is 18.6. The molecule has 0 saturated heterocycles. The molecule has 0 aliphatic rings. The van der Waals surface area contributed by atoms with Crippen LogP contribution in [0.5, 0.6) is 0 Å². The van der Waals surface area contributed by atoms with E-state index in [1.165, 1.54) is 21.8 Å². The molecular weight excluding hydrogens is 482 g/mol. The van der Waals surface area contributed by atoms with Gasteiger partial charge in [0, 0.05) is 40.8 Å². The number of aryl methyl sites for hydroxylation is 2. The van der Waals surface area contributed by atoms with Gasteiger partial charge in [0.15, 0.2) is 11.8 Å². The van der Waals surface area contributed by atoms with Crippen LogP contribution in [0.1, 0.15) is 63.3 Å². The Morgan fingerprint density at radius 1 is 1.00 bits per heavy atom. The summed E-state index contributed by atoms with van der Waals surface area (Å²) in [6.45, 7) is 2.99. The maximum Gasteiger partial charge on any atom is 0.328 e. The number of carbonyl (C=O) groups excluding carboxylic acids is 1. The normalized spacial score (nSPS) is 12.2. The van der Waals surface area contributed by atoms with Gasteiger partial charge in [-0.3, -0.25) is 4.79 Å². The number of hydrogen-bond donors (Lipinski definition) is 2. The molecular formula is C30H37N3O5. The average molecular weight is 520 g/mol. The lowest BCUT2D eigenvalue weighted by Gasteiger charge is -2.14. The highest BCUT2D eigenvalue weighted by Gasteiger charge is 2.20. The quantitative estimate of drug-likeness (QED) is 0.180. The van der Waals surface area contributed by atoms with E-state index in [-0.39, 0.29) is 19.1 Å². The fourth-order valence-electron chi connectivity index (χ4n) is 4.79. The maximum atomic E-state index is 11.9. The Balaban J connectivity index is 1.18. The first-order valence-electron chi connectivity index (χ1n) is 13.6. The lowest BCUT2D eigenvalue weighted by atomic mass is 10.1. The van der Waals surface area contributed by atoms with Crippen LogP contribution in [0.15, 0.2) is 59.1 Å². The summed E-state index contributed by atoms with van der Waals surface area (Å²) < 4.78 is 13.3. The summed E-state index contributed by atoms with van der Waals surface area (Å²) in [4.78, 5) is 23.4. The van der Waals surface area contributed by atoms with Gasteiger partial charge in [-0.25, -0.2) is 4.79 Å². The van der Waals surface area contributed by atoms with Crippen molar-refractivity contribution >= 4 is 33.7 Å². The van der Waals surface area contributed by atoms with Gasteiger partial charge < -0.3 is 24.3 Å². The molecule has 0 aliphatic heterocycles. The predicted octanol–water partition coefficient (Wildman–Crippen LogP) is 5.86. The molecule has 0 bridgehead atoms. The van der Waals surface area contributed by atoms with Crippen molar-refractivity contribution in [2.45, 2.75) is 77.5 Å². The van der Waals surface area contributed by atoms with Crippen LogP contribution in [-0.2, 0) is 33.9 Å². The Labute approximate surface area is 222 Å². The zero-order chi connectivity index (χ0) is 26.7. The minimum Gasteiger partial charge on any atom is -0.480 e. The third kappa shape index (κ3) is 7.22. The first-order chi connectivity index (χ1) is 18.6. The number of para-hydroxylation sites is 2. The topological polar surface area (TPSA) is 107 Å². The molecule has 38 heavy (non-hydrogen) atoms. The van der Waals surface area contributed by atoms with Crippen LogP contribution in [0.2, 0.25) is 0 Å². The monoisotopic (exact) mass is 519 g/mol. The largest absolute Gasteiger partial charge is 0.480 e. The highest BCUT2D eigenvalue weighted by atomic mass is 16.5. The van der Waals surface area contributed by atoms with E-state index in [4.69, 9.17) is 9.26 Å². The molecule has 0 radical (unpaired) electrons. The number of rotatable bonds is 16. The number of aliphatic carboxylic acids is 1. The van der Waals surface area contributed by atoms with E-state index in [0.29, 0.717) is 12.2 Å². The lowest BCUT2D eigenvalue weighted by Crippen LogP contribution is -2.43. The number of aromatic nitrogens is 2. The number of fused-ring (bicyclic) bond motifs is 3. The summed E-state index contributed by atoms with van der Waals surface area (Å²) in [5.74, 6) is -0.841. The maximum absolute atomic E-state index is 11.9. The fraction of sp³-hybridized carbons (Fsp3) is 0.433. The third-order valence-corrected chi connectivity index (χ3v) is 6.77. The first kappa shape index (κ1) is 27.4. The molecule has 4 rings (SSSR count). The molecule has 2 heterocycles. The van der Waals surface area contributed by atoms with Crippen LogP contribution in [0.3, 0.4) is 0 Å². The molecule has 8 nitrogen and oxygen atoms in total. The number of ether oxygens (including phenoxy) is 1. The summed E-state index contributed by atoms with van der Waals surface area (Å²) in [6.07, 6.45) is 6.95. The average Bonchev–Trinajstić information content (AvgIpc) is 3.50. The van der Waals surface area contributed by atoms with Crippen LogP contribution in [0.25, 0.3) is 21.8 Å². The Kier molecular flexibility index (Phi) is 9.92. The number of carboxylic acids is 1. The Bertz CT molecular complexity index is 1290. The number of benzene rings is 2. The van der Waals surface area contributed by atoms with E-state index in [2.05, 4.69) is 70.5 Å². The number of amides is 1. The number of carboxylic acid groups (broad SMARTS) is 1. The second-order valence-electron chi connectivity index (χ2n) is 9.71. The zero-order valence-electron chi connectivity index (χ0n) is 22.0. The van der Waals surface area contributed by atoms with Crippen molar-refractivity contribution in [1.29, 1.82) is 0 Å². The summed E-state index contributed by atoms with van der Waals surface area (Å²) in [7, 11) is 0. The molecule has 0 saturated carbocycles. The molecule has 2 N–H and O–H groups in total. The van der Waals surface area contributed by atoms with Crippen molar-refractivity contribution in [2.75, 3.05) is 6.61 Å². The number of nitrogens with one attached hydrogen (secondary N) is 1. The summed E-state index contributed by atoms with van der Waals surface area (Å²) in [6, 6.07) is 17.9. The van der Waals surface area contributed by atoms with Gasteiger partial charge >= 0.3 is 5.97 Å². The zero-order valence-corrected chi connectivity index (χ0v) is 22.0.